The number of ether oxygens (including phenoxy) is 1. The molecule has 0 aromatic rings. The van der Waals surface area contributed by atoms with E-state index in [1.165, 1.54) is 6.20 Å². The van der Waals surface area contributed by atoms with Crippen LogP contribution in [0.2, 0.25) is 0 Å². The Bertz CT molecular complexity index is 393. The van der Waals surface area contributed by atoms with E-state index in [1.54, 1.807) is 6.92 Å². The predicted molar refractivity (Wildman–Crippen MR) is 70.4 cm³/mol. The molecule has 0 fully saturated rings. The van der Waals surface area contributed by atoms with Crippen molar-refractivity contribution in [1.29, 1.82) is 0 Å². The number of alkyl halides is 3. The molecule has 1 aliphatic rings. The van der Waals surface area contributed by atoms with Gasteiger partial charge in [-0.3, -0.25) is 5.73 Å². The van der Waals surface area contributed by atoms with Gasteiger partial charge in [0.05, 0.1) is 6.61 Å². The van der Waals surface area contributed by atoms with Crippen molar-refractivity contribution in [3.05, 3.63) is 12.3 Å². The third-order valence-corrected chi connectivity index (χ3v) is 2.74. The van der Waals surface area contributed by atoms with Crippen LogP contribution in [0.1, 0.15) is 27.2 Å². The first-order chi connectivity index (χ1) is 8.96. The molecule has 2 atom stereocenters. The zero-order valence-corrected chi connectivity index (χ0v) is 11.8. The quantitative estimate of drug-likeness (QED) is 0.598. The normalized spacial score (nSPS) is 26.1. The summed E-state index contributed by atoms with van der Waals surface area (Å²) in [5.41, 5.74) is 10.9. The summed E-state index contributed by atoms with van der Waals surface area (Å²) in [5, 5.41) is 0. The van der Waals surface area contributed by atoms with Crippen LogP contribution in [0.3, 0.4) is 0 Å². The highest BCUT2D eigenvalue weighted by molar-refractivity contribution is 5.59. The Labute approximate surface area is 116 Å². The zero-order valence-electron chi connectivity index (χ0n) is 11.8. The molecule has 8 heteroatoms. The first-order valence-electron chi connectivity index (χ1n) is 6.25. The van der Waals surface area contributed by atoms with E-state index in [9.17, 15) is 13.2 Å². The molecule has 0 saturated carbocycles. The Hall–Kier alpha value is -1.12. The molecule has 4 N–H and O–H groups in total. The zero-order chi connectivity index (χ0) is 15.6. The van der Waals surface area contributed by atoms with Crippen LogP contribution in [-0.4, -0.2) is 35.5 Å². The van der Waals surface area contributed by atoms with Gasteiger partial charge in [0.25, 0.3) is 0 Å². The van der Waals surface area contributed by atoms with E-state index in [-0.39, 0.29) is 11.5 Å². The molecule has 5 nitrogen and oxygen atoms in total. The molecule has 0 saturated heterocycles. The summed E-state index contributed by atoms with van der Waals surface area (Å²) in [4.78, 5) is 3.33. The van der Waals surface area contributed by atoms with E-state index in [1.807, 2.05) is 13.8 Å². The van der Waals surface area contributed by atoms with Crippen molar-refractivity contribution in [2.24, 2.45) is 22.4 Å². The van der Waals surface area contributed by atoms with E-state index in [0.717, 1.165) is 6.08 Å². The van der Waals surface area contributed by atoms with Crippen LogP contribution in [0, 0.1) is 5.92 Å². The van der Waals surface area contributed by atoms with Gasteiger partial charge in [-0.15, -0.1) is 13.2 Å². The fourth-order valence-electron chi connectivity index (χ4n) is 2.08. The van der Waals surface area contributed by atoms with Gasteiger partial charge in [0.2, 0.25) is 5.85 Å². The van der Waals surface area contributed by atoms with Gasteiger partial charge in [0.15, 0.2) is 0 Å². The molecule has 0 bridgehead atoms. The third kappa shape index (κ3) is 4.46. The number of nitrogens with zero attached hydrogens (tertiary/aromatic N) is 2. The minimum absolute atomic E-state index is 0.0918. The number of aliphatic imine (C=N–C) groups is 1. The maximum atomic E-state index is 12.9. The average Bonchev–Trinajstić information content (AvgIpc) is 2.24. The molecule has 1 heterocycles. The van der Waals surface area contributed by atoms with Crippen molar-refractivity contribution in [2.45, 2.75) is 44.9 Å². The molecule has 20 heavy (non-hydrogen) atoms. The Morgan fingerprint density at radius 1 is 1.40 bits per heavy atom. The van der Waals surface area contributed by atoms with Crippen LogP contribution in [0.5, 0.6) is 0 Å². The smallest absolute Gasteiger partial charge is 0.337 e. The van der Waals surface area contributed by atoms with Crippen molar-refractivity contribution >= 4 is 6.34 Å². The molecule has 1 unspecified atom stereocenters. The summed E-state index contributed by atoms with van der Waals surface area (Å²) in [6.45, 7) is 5.55. The molecular formula is C12H21F3N4O. The molecule has 0 aliphatic carbocycles. The second-order valence-electron chi connectivity index (χ2n) is 5.71. The summed E-state index contributed by atoms with van der Waals surface area (Å²) in [6.07, 6.45) is -1.28. The lowest BCUT2D eigenvalue weighted by molar-refractivity contribution is -0.282. The molecular weight excluding hydrogens is 273 g/mol. The van der Waals surface area contributed by atoms with Crippen LogP contribution < -0.4 is 11.5 Å². The molecule has 116 valence electrons. The van der Waals surface area contributed by atoms with E-state index < -0.39 is 17.7 Å². The first-order valence-corrected chi connectivity index (χ1v) is 6.25. The predicted octanol–water partition coefficient (Wildman–Crippen LogP) is 1.76. The Kier molecular flexibility index (Phi) is 4.83. The number of hydrogen-bond donors (Lipinski definition) is 2. The van der Waals surface area contributed by atoms with Crippen LogP contribution in [0.25, 0.3) is 0 Å². The third-order valence-electron chi connectivity index (χ3n) is 2.74. The van der Waals surface area contributed by atoms with Crippen LogP contribution >= 0.6 is 0 Å². The van der Waals surface area contributed by atoms with Gasteiger partial charge in [0, 0.05) is 17.8 Å². The highest BCUT2D eigenvalue weighted by Crippen LogP contribution is 2.30. The minimum atomic E-state index is -4.69. The molecule has 0 radical (unpaired) electrons. The lowest BCUT2D eigenvalue weighted by Gasteiger charge is -2.40. The summed E-state index contributed by atoms with van der Waals surface area (Å²) < 4.78 is 43.9. The van der Waals surface area contributed by atoms with Crippen molar-refractivity contribution < 1.29 is 17.9 Å². The van der Waals surface area contributed by atoms with Gasteiger partial charge < -0.3 is 10.5 Å². The molecule has 1 aliphatic heterocycles. The highest BCUT2D eigenvalue weighted by atomic mass is 19.4. The Morgan fingerprint density at radius 3 is 2.50 bits per heavy atom. The molecule has 0 aromatic heterocycles. The number of nitrogens with two attached hydrogens (primary N) is 2. The van der Waals surface area contributed by atoms with Gasteiger partial charge in [0.1, 0.15) is 6.34 Å². The standard InChI is InChI=1S/C12H21F3N4O/c1-9(2)6-10(3,16)7-20-11(17)4-5-18-8-19(11)12(13,14)15/h4-5,8-9H,6-7,16-17H2,1-3H3/t10-,11?/m0/s1. The van der Waals surface area contributed by atoms with E-state index in [4.69, 9.17) is 16.2 Å². The fraction of sp³-hybridized carbons (Fsp3) is 0.750. The summed E-state index contributed by atoms with van der Waals surface area (Å²) in [5.74, 6) is -1.83. The van der Waals surface area contributed by atoms with Crippen molar-refractivity contribution in [2.75, 3.05) is 6.61 Å². The van der Waals surface area contributed by atoms with Crippen LogP contribution in [-0.2, 0) is 4.74 Å². The van der Waals surface area contributed by atoms with Crippen molar-refractivity contribution in [3.63, 3.8) is 0 Å². The van der Waals surface area contributed by atoms with E-state index in [2.05, 4.69) is 4.99 Å². The minimum Gasteiger partial charge on any atom is -0.337 e. The van der Waals surface area contributed by atoms with Crippen molar-refractivity contribution in [1.82, 2.24) is 4.90 Å². The second-order valence-corrected chi connectivity index (χ2v) is 5.71. The largest absolute Gasteiger partial charge is 0.489 e. The topological polar surface area (TPSA) is 76.9 Å². The van der Waals surface area contributed by atoms with Crippen LogP contribution in [0.4, 0.5) is 13.2 Å². The van der Waals surface area contributed by atoms with Gasteiger partial charge in [-0.1, -0.05) is 13.8 Å². The second kappa shape index (κ2) is 5.71. The molecule has 1 rings (SSSR count). The van der Waals surface area contributed by atoms with Crippen LogP contribution in [0.15, 0.2) is 17.3 Å². The van der Waals surface area contributed by atoms with Gasteiger partial charge in [-0.25, -0.2) is 9.89 Å². The fourth-order valence-corrected chi connectivity index (χ4v) is 2.08. The monoisotopic (exact) mass is 294 g/mol. The van der Waals surface area contributed by atoms with Gasteiger partial charge in [-0.05, 0) is 19.3 Å². The Balaban J connectivity index is 2.78. The molecule has 0 spiro atoms. The lowest BCUT2D eigenvalue weighted by Crippen LogP contribution is -2.63. The Morgan fingerprint density at radius 2 is 2.00 bits per heavy atom. The number of halogens is 3. The maximum Gasteiger partial charge on any atom is 0.489 e. The van der Waals surface area contributed by atoms with E-state index in [0.29, 0.717) is 18.7 Å². The van der Waals surface area contributed by atoms with Crippen molar-refractivity contribution in [3.8, 4) is 0 Å². The molecule has 0 amide bonds. The summed E-state index contributed by atoms with van der Waals surface area (Å²) in [7, 11) is 0. The number of hydrogen-bond acceptors (Lipinski definition) is 5. The van der Waals surface area contributed by atoms with E-state index >= 15 is 0 Å². The SMILES string of the molecule is CC(C)C[C@](C)(N)COC1(N)C=CN=CN1C(F)(F)F. The summed E-state index contributed by atoms with van der Waals surface area (Å²) >= 11 is 0. The first kappa shape index (κ1) is 16.9. The highest BCUT2D eigenvalue weighted by Gasteiger charge is 2.49. The lowest BCUT2D eigenvalue weighted by atomic mass is 9.93. The van der Waals surface area contributed by atoms with Gasteiger partial charge in [-0.2, -0.15) is 0 Å². The average molecular weight is 294 g/mol. The maximum absolute atomic E-state index is 12.9. The summed E-state index contributed by atoms with van der Waals surface area (Å²) in [6, 6.07) is 0. The van der Waals surface area contributed by atoms with Gasteiger partial charge >= 0.3 is 6.30 Å². The molecule has 0 aromatic carbocycles. The number of rotatable bonds is 5.